The van der Waals surface area contributed by atoms with Crippen molar-refractivity contribution in [1.82, 2.24) is 20.3 Å². The predicted molar refractivity (Wildman–Crippen MR) is 106 cm³/mol. The SMILES string of the molecule is CC(C)(C)OC(=O)CC[C@H](NC(=O)Cn1cc(COS(C)(=O)=O)nn1)C(C)(C)C. The molecular weight excluding hydrogens is 400 g/mol. The number of hydrogen-bond acceptors (Lipinski definition) is 8. The number of aromatic nitrogens is 3. The van der Waals surface area contributed by atoms with Crippen LogP contribution in [0.3, 0.4) is 0 Å². The van der Waals surface area contributed by atoms with Crippen molar-refractivity contribution in [3.05, 3.63) is 11.9 Å². The van der Waals surface area contributed by atoms with Crippen LogP contribution in [-0.2, 0) is 41.8 Å². The van der Waals surface area contributed by atoms with Gasteiger partial charge >= 0.3 is 5.97 Å². The highest BCUT2D eigenvalue weighted by atomic mass is 32.2. The van der Waals surface area contributed by atoms with Crippen molar-refractivity contribution in [3.8, 4) is 0 Å². The quantitative estimate of drug-likeness (QED) is 0.458. The molecule has 166 valence electrons. The number of esters is 1. The molecule has 10 nitrogen and oxygen atoms in total. The number of rotatable bonds is 9. The Hall–Kier alpha value is -2.01. The normalized spacial score (nSPS) is 13.8. The van der Waals surface area contributed by atoms with Crippen LogP contribution in [-0.4, -0.2) is 53.2 Å². The van der Waals surface area contributed by atoms with Crippen molar-refractivity contribution in [3.63, 3.8) is 0 Å². The van der Waals surface area contributed by atoms with Crippen LogP contribution in [0.5, 0.6) is 0 Å². The first-order valence-corrected chi connectivity index (χ1v) is 11.1. The Balaban J connectivity index is 2.63. The Morgan fingerprint density at radius 3 is 2.34 bits per heavy atom. The van der Waals surface area contributed by atoms with Gasteiger partial charge in [-0.1, -0.05) is 26.0 Å². The third kappa shape index (κ3) is 10.9. The van der Waals surface area contributed by atoms with Gasteiger partial charge in [-0.15, -0.1) is 5.10 Å². The highest BCUT2D eigenvalue weighted by Crippen LogP contribution is 2.23. The molecule has 0 radical (unpaired) electrons. The monoisotopic (exact) mass is 432 g/mol. The average Bonchev–Trinajstić information content (AvgIpc) is 2.93. The summed E-state index contributed by atoms with van der Waals surface area (Å²) in [7, 11) is -3.59. The van der Waals surface area contributed by atoms with Crippen LogP contribution in [0.2, 0.25) is 0 Å². The molecule has 1 heterocycles. The van der Waals surface area contributed by atoms with Gasteiger partial charge in [-0.3, -0.25) is 13.8 Å². The van der Waals surface area contributed by atoms with Crippen LogP contribution >= 0.6 is 0 Å². The van der Waals surface area contributed by atoms with Crippen molar-refractivity contribution >= 4 is 22.0 Å². The van der Waals surface area contributed by atoms with Crippen LogP contribution in [0.4, 0.5) is 0 Å². The largest absolute Gasteiger partial charge is 0.460 e. The molecule has 0 aliphatic heterocycles. The van der Waals surface area contributed by atoms with Crippen molar-refractivity contribution in [2.45, 2.75) is 79.2 Å². The predicted octanol–water partition coefficient (Wildman–Crippen LogP) is 1.41. The lowest BCUT2D eigenvalue weighted by Gasteiger charge is -2.31. The van der Waals surface area contributed by atoms with Gasteiger partial charge in [0.05, 0.1) is 12.5 Å². The Kier molecular flexibility index (Phi) is 8.34. The summed E-state index contributed by atoms with van der Waals surface area (Å²) < 4.78 is 33.3. The Bertz CT molecular complexity index is 805. The topological polar surface area (TPSA) is 129 Å². The lowest BCUT2D eigenvalue weighted by Crippen LogP contribution is -2.45. The zero-order valence-electron chi connectivity index (χ0n) is 18.2. The fourth-order valence-electron chi connectivity index (χ4n) is 2.41. The van der Waals surface area contributed by atoms with Gasteiger partial charge in [0, 0.05) is 12.5 Å². The third-order valence-corrected chi connectivity index (χ3v) is 4.30. The summed E-state index contributed by atoms with van der Waals surface area (Å²) in [6.07, 6.45) is 3.01. The summed E-state index contributed by atoms with van der Waals surface area (Å²) in [5.41, 5.74) is -0.530. The summed E-state index contributed by atoms with van der Waals surface area (Å²) >= 11 is 0. The molecule has 0 saturated heterocycles. The van der Waals surface area contributed by atoms with Crippen molar-refractivity contribution in [2.75, 3.05) is 6.26 Å². The van der Waals surface area contributed by atoms with Crippen LogP contribution < -0.4 is 5.32 Å². The molecule has 11 heteroatoms. The first-order chi connectivity index (χ1) is 13.0. The lowest BCUT2D eigenvalue weighted by molar-refractivity contribution is -0.155. The maximum Gasteiger partial charge on any atom is 0.306 e. The summed E-state index contributed by atoms with van der Waals surface area (Å²) in [5, 5.41) is 10.5. The summed E-state index contributed by atoms with van der Waals surface area (Å²) in [5.74, 6) is -0.609. The van der Waals surface area contributed by atoms with Gasteiger partial charge in [-0.05, 0) is 32.6 Å². The highest BCUT2D eigenvalue weighted by Gasteiger charge is 2.28. The minimum Gasteiger partial charge on any atom is -0.460 e. The van der Waals surface area contributed by atoms with E-state index in [1.165, 1.54) is 10.9 Å². The molecule has 29 heavy (non-hydrogen) atoms. The van der Waals surface area contributed by atoms with E-state index in [-0.39, 0.29) is 42.9 Å². The van der Waals surface area contributed by atoms with Gasteiger partial charge < -0.3 is 10.1 Å². The molecule has 0 bridgehead atoms. The molecule has 0 saturated carbocycles. The smallest absolute Gasteiger partial charge is 0.306 e. The standard InChI is InChI=1S/C18H32N4O6S/c1-17(2,3)14(8-9-16(24)28-18(4,5)6)19-15(23)11-22-10-13(20-21-22)12-27-29(7,25)26/h10,14H,8-9,11-12H2,1-7H3,(H,19,23)/t14-/m0/s1. The molecule has 1 aromatic heterocycles. The van der Waals surface area contributed by atoms with Gasteiger partial charge in [0.1, 0.15) is 24.4 Å². The molecule has 1 N–H and O–H groups in total. The molecule has 0 aromatic carbocycles. The minimum absolute atomic E-state index is 0.0924. The molecule has 1 aromatic rings. The molecule has 0 aliphatic rings. The number of ether oxygens (including phenoxy) is 1. The fraction of sp³-hybridized carbons (Fsp3) is 0.778. The number of carbonyl (C=O) groups is 2. The van der Waals surface area contributed by atoms with Gasteiger partial charge in [0.25, 0.3) is 10.1 Å². The number of nitrogens with zero attached hydrogens (tertiary/aromatic N) is 3. The van der Waals surface area contributed by atoms with Gasteiger partial charge in [-0.25, -0.2) is 4.68 Å². The Morgan fingerprint density at radius 2 is 1.83 bits per heavy atom. The lowest BCUT2D eigenvalue weighted by atomic mass is 9.84. The molecule has 0 fully saturated rings. The van der Waals surface area contributed by atoms with E-state index < -0.39 is 15.7 Å². The molecule has 1 rings (SSSR count). The molecule has 0 aliphatic carbocycles. The van der Waals surface area contributed by atoms with Crippen molar-refractivity contribution < 1.29 is 26.9 Å². The van der Waals surface area contributed by atoms with Crippen LogP contribution in [0.25, 0.3) is 0 Å². The number of nitrogens with one attached hydrogen (secondary N) is 1. The Labute approximate surface area is 172 Å². The maximum absolute atomic E-state index is 12.4. The Morgan fingerprint density at radius 1 is 1.21 bits per heavy atom. The van der Waals surface area contributed by atoms with E-state index in [1.807, 2.05) is 20.8 Å². The van der Waals surface area contributed by atoms with E-state index in [4.69, 9.17) is 4.74 Å². The van der Waals surface area contributed by atoms with E-state index in [0.29, 0.717) is 12.1 Å². The first kappa shape index (κ1) is 25.0. The zero-order chi connectivity index (χ0) is 22.5. The third-order valence-electron chi connectivity index (χ3n) is 3.75. The second-order valence-corrected chi connectivity index (χ2v) is 10.6. The van der Waals surface area contributed by atoms with Crippen molar-refractivity contribution in [1.29, 1.82) is 0 Å². The van der Waals surface area contributed by atoms with Crippen LogP contribution in [0.15, 0.2) is 6.20 Å². The highest BCUT2D eigenvalue weighted by molar-refractivity contribution is 7.85. The van der Waals surface area contributed by atoms with E-state index in [9.17, 15) is 18.0 Å². The molecular formula is C18H32N4O6S. The molecule has 0 unspecified atom stereocenters. The minimum atomic E-state index is -3.59. The second-order valence-electron chi connectivity index (χ2n) is 8.99. The number of carbonyl (C=O) groups excluding carboxylic acids is 2. The van der Waals surface area contributed by atoms with E-state index in [0.717, 1.165) is 6.26 Å². The van der Waals surface area contributed by atoms with Gasteiger partial charge in [-0.2, -0.15) is 8.42 Å². The summed E-state index contributed by atoms with van der Waals surface area (Å²) in [4.78, 5) is 24.4. The zero-order valence-corrected chi connectivity index (χ0v) is 19.0. The van der Waals surface area contributed by atoms with Gasteiger partial charge in [0.15, 0.2) is 0 Å². The maximum atomic E-state index is 12.4. The van der Waals surface area contributed by atoms with Crippen LogP contribution in [0.1, 0.15) is 60.1 Å². The average molecular weight is 433 g/mol. The van der Waals surface area contributed by atoms with E-state index >= 15 is 0 Å². The summed E-state index contributed by atoms with van der Waals surface area (Å²) in [6.45, 7) is 11.0. The van der Waals surface area contributed by atoms with E-state index in [2.05, 4.69) is 19.8 Å². The molecule has 0 spiro atoms. The summed E-state index contributed by atoms with van der Waals surface area (Å²) in [6, 6.07) is -0.251. The van der Waals surface area contributed by atoms with Crippen LogP contribution in [0, 0.1) is 5.41 Å². The molecule has 1 atom stereocenters. The number of hydrogen-bond donors (Lipinski definition) is 1. The fourth-order valence-corrected chi connectivity index (χ4v) is 2.75. The first-order valence-electron chi connectivity index (χ1n) is 9.30. The van der Waals surface area contributed by atoms with Crippen molar-refractivity contribution in [2.24, 2.45) is 5.41 Å². The van der Waals surface area contributed by atoms with Gasteiger partial charge in [0.2, 0.25) is 5.91 Å². The number of amides is 1. The molecule has 1 amide bonds. The second kappa shape index (κ2) is 9.66. The van der Waals surface area contributed by atoms with E-state index in [1.54, 1.807) is 20.8 Å².